The molecule has 254 valence electrons. The topological polar surface area (TPSA) is 105 Å². The number of unbranched alkanes of at least 4 members (excludes halogenated alkanes) is 2. The van der Waals surface area contributed by atoms with Crippen LogP contribution in [-0.4, -0.2) is 41.5 Å². The van der Waals surface area contributed by atoms with E-state index in [9.17, 15) is 14.5 Å². The lowest BCUT2D eigenvalue weighted by atomic mass is 9.47. The molecule has 0 heterocycles. The predicted molar refractivity (Wildman–Crippen MR) is 178 cm³/mol. The van der Waals surface area contributed by atoms with Crippen LogP contribution in [0.15, 0.2) is 11.6 Å². The Kier molecular flexibility index (Phi) is 13.3. The average Bonchev–Trinajstić information content (AvgIpc) is 3.32. The summed E-state index contributed by atoms with van der Waals surface area (Å²) < 4.78 is 21.1. The second kappa shape index (κ2) is 16.3. The Bertz CT molecular complexity index is 988. The van der Waals surface area contributed by atoms with Crippen LogP contribution in [0.2, 0.25) is 0 Å². The van der Waals surface area contributed by atoms with E-state index < -0.39 is 14.4 Å². The van der Waals surface area contributed by atoms with Crippen LogP contribution in [0.1, 0.15) is 137 Å². The van der Waals surface area contributed by atoms with Crippen molar-refractivity contribution in [3.05, 3.63) is 11.6 Å². The lowest BCUT2D eigenvalue weighted by Crippen LogP contribution is -2.51. The zero-order valence-corrected chi connectivity index (χ0v) is 29.5. The fourth-order valence-corrected chi connectivity index (χ4v) is 10.5. The molecule has 0 saturated heterocycles. The number of amides is 1. The quantitative estimate of drug-likeness (QED) is 0.0887. The van der Waals surface area contributed by atoms with Crippen molar-refractivity contribution in [2.45, 2.75) is 150 Å². The van der Waals surface area contributed by atoms with Gasteiger partial charge in [0.2, 0.25) is 0 Å². The highest BCUT2D eigenvalue weighted by atomic mass is 31.1. The molecule has 0 aromatic rings. The van der Waals surface area contributed by atoms with Gasteiger partial charge in [0.1, 0.15) is 6.10 Å². The highest BCUT2D eigenvalue weighted by Crippen LogP contribution is 2.67. The number of carbonyl (C=O) groups excluding carboxylic acids is 1. The van der Waals surface area contributed by atoms with E-state index in [2.05, 4.69) is 50.5 Å². The van der Waals surface area contributed by atoms with Crippen molar-refractivity contribution in [3.8, 4) is 0 Å². The Hall–Kier alpha value is -0.880. The maximum atomic E-state index is 12.6. The Balaban J connectivity index is 1.20. The Morgan fingerprint density at radius 3 is 2.55 bits per heavy atom. The number of carbonyl (C=O) groups is 1. The van der Waals surface area contributed by atoms with Gasteiger partial charge in [-0.3, -0.25) is 4.57 Å². The van der Waals surface area contributed by atoms with Crippen LogP contribution in [0, 0.1) is 46.3 Å². The summed E-state index contributed by atoms with van der Waals surface area (Å²) in [6.45, 7) is 13.1. The average molecular weight is 638 g/mol. The van der Waals surface area contributed by atoms with Gasteiger partial charge in [-0.25, -0.2) is 4.79 Å². The molecule has 0 spiro atoms. The van der Waals surface area contributed by atoms with Crippen molar-refractivity contribution in [3.63, 3.8) is 0 Å². The number of ether oxygens (including phenoxy) is 1. The zero-order valence-electron chi connectivity index (χ0n) is 28.5. The summed E-state index contributed by atoms with van der Waals surface area (Å²) in [5, 5.41) is 12.9. The molecule has 4 rings (SSSR count). The van der Waals surface area contributed by atoms with Crippen LogP contribution in [-0.2, 0) is 13.8 Å². The molecule has 0 bridgehead atoms. The van der Waals surface area contributed by atoms with E-state index in [1.54, 1.807) is 5.57 Å². The molecule has 4 aliphatic carbocycles. The van der Waals surface area contributed by atoms with Crippen molar-refractivity contribution >= 4 is 14.3 Å². The highest BCUT2D eigenvalue weighted by Gasteiger charge is 2.59. The van der Waals surface area contributed by atoms with Crippen LogP contribution in [0.3, 0.4) is 0 Å². The lowest BCUT2D eigenvalue weighted by molar-refractivity contribution is -0.0581. The second-order valence-electron chi connectivity index (χ2n) is 15.9. The van der Waals surface area contributed by atoms with Crippen LogP contribution in [0.5, 0.6) is 0 Å². The van der Waals surface area contributed by atoms with E-state index >= 15 is 0 Å². The fraction of sp³-hybridized carbons (Fsp3) is 0.917. The van der Waals surface area contributed by atoms with Crippen LogP contribution >= 0.6 is 8.25 Å². The van der Waals surface area contributed by atoms with Gasteiger partial charge in [-0.15, -0.1) is 0 Å². The molecule has 0 radical (unpaired) electrons. The van der Waals surface area contributed by atoms with Crippen LogP contribution in [0.25, 0.3) is 0 Å². The summed E-state index contributed by atoms with van der Waals surface area (Å²) in [5.74, 6) is 5.00. The first-order valence-corrected chi connectivity index (χ1v) is 19.4. The SMILES string of the molecule is CC(C)CCC[C@@H](C)[C@H]1CC[C@H]2[C@@H]3CC=C4C[C@@H](OC(=O)NCCCCCC(O)CCO[PH](=O)O)CC[C@]4(C)[C@H]3CC[C@]12C. The third-order valence-corrected chi connectivity index (χ3v) is 13.1. The first-order chi connectivity index (χ1) is 20.9. The first-order valence-electron chi connectivity index (χ1n) is 18.1. The highest BCUT2D eigenvalue weighted by molar-refractivity contribution is 7.32. The van der Waals surface area contributed by atoms with Crippen molar-refractivity contribution < 1.29 is 28.6 Å². The van der Waals surface area contributed by atoms with Crippen molar-refractivity contribution in [1.29, 1.82) is 0 Å². The molecule has 44 heavy (non-hydrogen) atoms. The minimum Gasteiger partial charge on any atom is -0.446 e. The number of aliphatic hydroxyl groups excluding tert-OH is 1. The molecule has 8 heteroatoms. The molecule has 0 aromatic carbocycles. The van der Waals surface area contributed by atoms with Gasteiger partial charge in [-0.2, -0.15) is 0 Å². The standard InChI is InChI=1S/C36H64NO6P/c1-25(2)10-9-11-26(3)31-15-16-32-30-14-13-27-24-29(17-20-35(27,4)33(30)18-21-36(31,32)5)43-34(39)37-22-8-6-7-12-28(38)19-23-42-44(40)41/h13,25-26,28-33,38,44H,6-12,14-24H2,1-5H3,(H,37,39)(H,40,41)/t26-,28?,29+,30+,31-,32+,33+,35+,36-/m1/s1. The molecule has 3 saturated carbocycles. The van der Waals surface area contributed by atoms with Gasteiger partial charge in [-0.05, 0) is 111 Å². The second-order valence-corrected chi connectivity index (χ2v) is 16.7. The van der Waals surface area contributed by atoms with E-state index in [0.29, 0.717) is 24.8 Å². The normalized spacial score (nSPS) is 35.2. The number of hydrogen-bond acceptors (Lipinski definition) is 5. The predicted octanol–water partition coefficient (Wildman–Crippen LogP) is 8.83. The van der Waals surface area contributed by atoms with Gasteiger partial charge >= 0.3 is 14.3 Å². The van der Waals surface area contributed by atoms with Gasteiger partial charge in [0.05, 0.1) is 12.7 Å². The molecule has 10 atom stereocenters. The summed E-state index contributed by atoms with van der Waals surface area (Å²) in [6, 6.07) is 0. The minimum absolute atomic E-state index is 0.0328. The fourth-order valence-electron chi connectivity index (χ4n) is 10.2. The van der Waals surface area contributed by atoms with Gasteiger partial charge in [0, 0.05) is 13.0 Å². The van der Waals surface area contributed by atoms with Gasteiger partial charge in [0.15, 0.2) is 0 Å². The molecule has 0 aliphatic heterocycles. The Labute approximate surface area is 268 Å². The van der Waals surface area contributed by atoms with Gasteiger partial charge < -0.3 is 24.6 Å². The third-order valence-electron chi connectivity index (χ3n) is 12.7. The largest absolute Gasteiger partial charge is 0.446 e. The van der Waals surface area contributed by atoms with Crippen molar-refractivity contribution in [1.82, 2.24) is 5.32 Å². The molecule has 4 aliphatic rings. The molecular weight excluding hydrogens is 573 g/mol. The smallest absolute Gasteiger partial charge is 0.407 e. The molecule has 7 nitrogen and oxygen atoms in total. The number of fused-ring (bicyclic) bond motifs is 5. The van der Waals surface area contributed by atoms with Crippen LogP contribution < -0.4 is 5.32 Å². The van der Waals surface area contributed by atoms with Crippen LogP contribution in [0.4, 0.5) is 4.79 Å². The molecule has 3 fully saturated rings. The molecule has 3 N–H and O–H groups in total. The van der Waals surface area contributed by atoms with E-state index in [4.69, 9.17) is 9.63 Å². The van der Waals surface area contributed by atoms with Crippen molar-refractivity contribution in [2.24, 2.45) is 46.3 Å². The Morgan fingerprint density at radius 2 is 1.80 bits per heavy atom. The Morgan fingerprint density at radius 1 is 1.00 bits per heavy atom. The summed E-state index contributed by atoms with van der Waals surface area (Å²) in [4.78, 5) is 21.3. The number of hydrogen-bond donors (Lipinski definition) is 3. The van der Waals surface area contributed by atoms with Gasteiger partial charge in [-0.1, -0.05) is 78.4 Å². The summed E-state index contributed by atoms with van der Waals surface area (Å²) in [6.07, 6.45) is 19.2. The van der Waals surface area contributed by atoms with E-state index in [0.717, 1.165) is 74.0 Å². The van der Waals surface area contributed by atoms with E-state index in [-0.39, 0.29) is 24.2 Å². The number of nitrogens with one attached hydrogen (secondary N) is 1. The minimum atomic E-state index is -2.92. The molecule has 0 aromatic heterocycles. The zero-order chi connectivity index (χ0) is 31.9. The summed E-state index contributed by atoms with van der Waals surface area (Å²) in [5.41, 5.74) is 2.32. The third kappa shape index (κ3) is 8.92. The maximum absolute atomic E-state index is 12.6. The number of rotatable bonds is 16. The monoisotopic (exact) mass is 637 g/mol. The van der Waals surface area contributed by atoms with E-state index in [1.165, 1.54) is 51.4 Å². The van der Waals surface area contributed by atoms with E-state index in [1.807, 2.05) is 0 Å². The summed E-state index contributed by atoms with van der Waals surface area (Å²) in [7, 11) is -2.92. The molecule has 2 unspecified atom stereocenters. The lowest BCUT2D eigenvalue weighted by Gasteiger charge is -2.58. The van der Waals surface area contributed by atoms with Gasteiger partial charge in [0.25, 0.3) is 0 Å². The summed E-state index contributed by atoms with van der Waals surface area (Å²) >= 11 is 0. The first kappa shape index (κ1) is 36.0. The van der Waals surface area contributed by atoms with Crippen molar-refractivity contribution in [2.75, 3.05) is 13.2 Å². The number of aliphatic hydroxyl groups is 1. The molecule has 1 amide bonds. The number of allylic oxidation sites excluding steroid dienone is 1. The maximum Gasteiger partial charge on any atom is 0.407 e. The number of alkyl carbamates (subject to hydrolysis) is 1. The molecular formula is C36H64NO6P.